The molecule has 0 atom stereocenters. The van der Waals surface area contributed by atoms with Crippen molar-refractivity contribution in [2.24, 2.45) is 5.92 Å². The van der Waals surface area contributed by atoms with Gasteiger partial charge in [0.05, 0.1) is 5.75 Å². The third-order valence-corrected chi connectivity index (χ3v) is 4.87. The number of nitrogens with one attached hydrogen (secondary N) is 1. The summed E-state index contributed by atoms with van der Waals surface area (Å²) in [7, 11) is -2.87. The molecule has 0 aliphatic heterocycles. The summed E-state index contributed by atoms with van der Waals surface area (Å²) < 4.78 is 22.3. The van der Waals surface area contributed by atoms with Crippen molar-refractivity contribution in [2.75, 3.05) is 24.3 Å². The lowest BCUT2D eigenvalue weighted by Gasteiger charge is -2.11. The topological polar surface area (TPSA) is 46.2 Å². The van der Waals surface area contributed by atoms with Gasteiger partial charge in [-0.05, 0) is 24.1 Å². The highest BCUT2D eigenvalue weighted by Crippen LogP contribution is 2.22. The Hall–Kier alpha value is -0.520. The van der Waals surface area contributed by atoms with Crippen molar-refractivity contribution in [2.45, 2.75) is 25.3 Å². The van der Waals surface area contributed by atoms with E-state index in [1.807, 2.05) is 12.1 Å². The number of hydrogen-bond donors (Lipinski definition) is 1. The molecule has 0 fully saturated rings. The fourth-order valence-corrected chi connectivity index (χ4v) is 3.85. The molecule has 1 aromatic rings. The molecule has 1 rings (SSSR count). The van der Waals surface area contributed by atoms with Crippen LogP contribution in [0.25, 0.3) is 0 Å². The van der Waals surface area contributed by atoms with Crippen LogP contribution < -0.4 is 5.32 Å². The Balaban J connectivity index is 2.53. The molecule has 0 saturated carbocycles. The van der Waals surface area contributed by atoms with Gasteiger partial charge >= 0.3 is 0 Å². The SMILES string of the molecule is CC(C)CNCc1ccccc1SCCS(C)(=O)=O. The predicted molar refractivity (Wildman–Crippen MR) is 83.4 cm³/mol. The zero-order valence-corrected chi connectivity index (χ0v) is 13.5. The lowest BCUT2D eigenvalue weighted by Crippen LogP contribution is -2.19. The molecule has 0 aliphatic carbocycles. The molecule has 0 saturated heterocycles. The van der Waals surface area contributed by atoms with Gasteiger partial charge < -0.3 is 5.32 Å². The van der Waals surface area contributed by atoms with E-state index in [2.05, 4.69) is 31.3 Å². The Morgan fingerprint density at radius 3 is 2.58 bits per heavy atom. The molecule has 1 aromatic carbocycles. The lowest BCUT2D eigenvalue weighted by molar-refractivity contribution is 0.550. The van der Waals surface area contributed by atoms with Crippen molar-refractivity contribution in [3.05, 3.63) is 29.8 Å². The second-order valence-electron chi connectivity index (χ2n) is 5.11. The highest BCUT2D eigenvalue weighted by atomic mass is 32.2. The van der Waals surface area contributed by atoms with Gasteiger partial charge in [-0.1, -0.05) is 32.0 Å². The Kier molecular flexibility index (Phi) is 6.89. The molecule has 0 radical (unpaired) electrons. The fourth-order valence-electron chi connectivity index (χ4n) is 1.59. The van der Waals surface area contributed by atoms with E-state index in [1.165, 1.54) is 16.7 Å². The summed E-state index contributed by atoms with van der Waals surface area (Å²) in [6, 6.07) is 8.16. The molecule has 0 bridgehead atoms. The third-order valence-electron chi connectivity index (χ3n) is 2.55. The van der Waals surface area contributed by atoms with Crippen LogP contribution in [0.15, 0.2) is 29.2 Å². The average Bonchev–Trinajstić information content (AvgIpc) is 2.29. The van der Waals surface area contributed by atoms with Crippen LogP contribution in [0.3, 0.4) is 0 Å². The molecule has 0 amide bonds. The van der Waals surface area contributed by atoms with E-state index in [-0.39, 0.29) is 5.75 Å². The molecular formula is C14H23NO2S2. The first-order valence-electron chi connectivity index (χ1n) is 6.47. The van der Waals surface area contributed by atoms with Gasteiger partial charge in [-0.15, -0.1) is 11.8 Å². The Morgan fingerprint density at radius 1 is 1.26 bits per heavy atom. The van der Waals surface area contributed by atoms with E-state index in [9.17, 15) is 8.42 Å². The second-order valence-corrected chi connectivity index (χ2v) is 8.51. The van der Waals surface area contributed by atoms with Crippen molar-refractivity contribution in [1.82, 2.24) is 5.32 Å². The van der Waals surface area contributed by atoms with Gasteiger partial charge in [0.15, 0.2) is 0 Å². The molecule has 0 spiro atoms. The molecule has 0 unspecified atom stereocenters. The van der Waals surface area contributed by atoms with Gasteiger partial charge in [-0.25, -0.2) is 8.42 Å². The van der Waals surface area contributed by atoms with Crippen LogP contribution in [-0.2, 0) is 16.4 Å². The quantitative estimate of drug-likeness (QED) is 0.750. The molecule has 108 valence electrons. The monoisotopic (exact) mass is 301 g/mol. The normalized spacial score (nSPS) is 12.0. The predicted octanol–water partition coefficient (Wildman–Crippen LogP) is 2.57. The number of benzene rings is 1. The van der Waals surface area contributed by atoms with Crippen LogP contribution in [0.1, 0.15) is 19.4 Å². The summed E-state index contributed by atoms with van der Waals surface area (Å²) in [4.78, 5) is 1.17. The number of thioether (sulfide) groups is 1. The summed E-state index contributed by atoms with van der Waals surface area (Å²) in [6.45, 7) is 6.18. The molecule has 3 nitrogen and oxygen atoms in total. The number of rotatable bonds is 8. The van der Waals surface area contributed by atoms with Crippen molar-refractivity contribution < 1.29 is 8.42 Å². The summed E-state index contributed by atoms with van der Waals surface area (Å²) >= 11 is 1.61. The van der Waals surface area contributed by atoms with E-state index in [4.69, 9.17) is 0 Å². The van der Waals surface area contributed by atoms with Crippen LogP contribution in [0.5, 0.6) is 0 Å². The van der Waals surface area contributed by atoms with Crippen molar-refractivity contribution in [1.29, 1.82) is 0 Å². The minimum Gasteiger partial charge on any atom is -0.312 e. The lowest BCUT2D eigenvalue weighted by atomic mass is 10.2. The standard InChI is InChI=1S/C14H23NO2S2/c1-12(2)10-15-11-13-6-4-5-7-14(13)18-8-9-19(3,16)17/h4-7,12,15H,8-11H2,1-3H3. The van der Waals surface area contributed by atoms with E-state index in [0.29, 0.717) is 11.7 Å². The zero-order valence-electron chi connectivity index (χ0n) is 11.8. The average molecular weight is 301 g/mol. The number of hydrogen-bond acceptors (Lipinski definition) is 4. The van der Waals surface area contributed by atoms with Gasteiger partial charge in [0.2, 0.25) is 0 Å². The maximum absolute atomic E-state index is 11.1. The van der Waals surface area contributed by atoms with Gasteiger partial charge in [-0.3, -0.25) is 0 Å². The second kappa shape index (κ2) is 7.92. The van der Waals surface area contributed by atoms with Crippen LogP contribution in [-0.4, -0.2) is 32.7 Å². The van der Waals surface area contributed by atoms with Crippen LogP contribution in [0.2, 0.25) is 0 Å². The van der Waals surface area contributed by atoms with E-state index < -0.39 is 9.84 Å². The first-order chi connectivity index (χ1) is 8.88. The molecule has 5 heteroatoms. The summed E-state index contributed by atoms with van der Waals surface area (Å²) in [5.74, 6) is 1.47. The molecule has 0 aliphatic rings. The first kappa shape index (κ1) is 16.5. The highest BCUT2D eigenvalue weighted by Gasteiger charge is 2.06. The zero-order chi connectivity index (χ0) is 14.3. The minimum atomic E-state index is -2.87. The maximum atomic E-state index is 11.1. The summed E-state index contributed by atoms with van der Waals surface area (Å²) in [5.41, 5.74) is 1.24. The summed E-state index contributed by atoms with van der Waals surface area (Å²) in [5, 5.41) is 3.42. The van der Waals surface area contributed by atoms with Gasteiger partial charge in [0.1, 0.15) is 9.84 Å². The Bertz CT molecular complexity index is 484. The van der Waals surface area contributed by atoms with Crippen LogP contribution in [0.4, 0.5) is 0 Å². The minimum absolute atomic E-state index is 0.228. The third kappa shape index (κ3) is 7.60. The highest BCUT2D eigenvalue weighted by molar-refractivity contribution is 8.00. The van der Waals surface area contributed by atoms with E-state index in [1.54, 1.807) is 11.8 Å². The van der Waals surface area contributed by atoms with Crippen molar-refractivity contribution >= 4 is 21.6 Å². The van der Waals surface area contributed by atoms with Crippen LogP contribution in [0, 0.1) is 5.92 Å². The van der Waals surface area contributed by atoms with Gasteiger partial charge in [-0.2, -0.15) is 0 Å². The molecule has 0 aromatic heterocycles. The molecule has 1 N–H and O–H groups in total. The van der Waals surface area contributed by atoms with Crippen molar-refractivity contribution in [3.63, 3.8) is 0 Å². The number of sulfone groups is 1. The van der Waals surface area contributed by atoms with Gasteiger partial charge in [0.25, 0.3) is 0 Å². The molecule has 0 heterocycles. The Labute approximate surface area is 121 Å². The largest absolute Gasteiger partial charge is 0.312 e. The maximum Gasteiger partial charge on any atom is 0.148 e. The smallest absolute Gasteiger partial charge is 0.148 e. The van der Waals surface area contributed by atoms with E-state index in [0.717, 1.165) is 13.1 Å². The summed E-state index contributed by atoms with van der Waals surface area (Å²) in [6.07, 6.45) is 1.28. The van der Waals surface area contributed by atoms with E-state index >= 15 is 0 Å². The van der Waals surface area contributed by atoms with Gasteiger partial charge in [0, 0.05) is 23.4 Å². The fraction of sp³-hybridized carbons (Fsp3) is 0.571. The first-order valence-corrected chi connectivity index (χ1v) is 9.52. The van der Waals surface area contributed by atoms with Crippen LogP contribution >= 0.6 is 11.8 Å². The van der Waals surface area contributed by atoms with Crippen molar-refractivity contribution in [3.8, 4) is 0 Å². The molecule has 19 heavy (non-hydrogen) atoms. The Morgan fingerprint density at radius 2 is 1.95 bits per heavy atom. The molecular weight excluding hydrogens is 278 g/mol.